The maximum atomic E-state index is 2.42. The van der Waals surface area contributed by atoms with Crippen molar-refractivity contribution >= 4 is 64.9 Å². The predicted octanol–water partition coefficient (Wildman–Crippen LogP) is 18.7. The van der Waals surface area contributed by atoms with Gasteiger partial charge >= 0.3 is 0 Å². The molecule has 0 atom stereocenters. The SMILES string of the molecule is Cc1ccc(-c2ccc(-n3c4ccc(-c5ccc6ccccc6c5)cc4c4c5ccccc5ccc43)cc2)cc1.Cc1ccc(-c2ccc3ccccc3c2)cc1-c1c(C)ccc2ccccc12. The molecule has 0 aliphatic heterocycles. The molecular weight excluding hydrogens is 819 g/mol. The standard InChI is InChI=1S/C39H27N.C28H22/c1-26-10-12-28(13-11-26)29-16-20-34(21-17-29)40-37-22-19-33(32-15-14-27-6-2-3-8-31(27)24-32)25-36(37)39-35-9-5-4-7-30(35)18-23-38(39)40;1-19-11-14-25(24-16-15-21-7-3-4-9-23(21)17-24)18-27(19)28-20(2)12-13-22-8-5-6-10-26(22)28/h2-25H,1H3;3-18H,1-2H3. The fourth-order valence-corrected chi connectivity index (χ4v) is 10.3. The van der Waals surface area contributed by atoms with E-state index in [4.69, 9.17) is 0 Å². The zero-order chi connectivity index (χ0) is 45.7. The van der Waals surface area contributed by atoms with Crippen LogP contribution in [0.2, 0.25) is 0 Å². The second kappa shape index (κ2) is 17.0. The minimum Gasteiger partial charge on any atom is -0.309 e. The molecule has 0 amide bonds. The van der Waals surface area contributed by atoms with Crippen LogP contribution in [0.3, 0.4) is 0 Å². The van der Waals surface area contributed by atoms with Crippen LogP contribution in [0.15, 0.2) is 243 Å². The van der Waals surface area contributed by atoms with Gasteiger partial charge in [0.1, 0.15) is 0 Å². The average Bonchev–Trinajstić information content (AvgIpc) is 3.73. The highest BCUT2D eigenvalue weighted by Gasteiger charge is 2.17. The van der Waals surface area contributed by atoms with Gasteiger partial charge in [0.05, 0.1) is 11.0 Å². The quantitative estimate of drug-likeness (QED) is 0.162. The summed E-state index contributed by atoms with van der Waals surface area (Å²) in [6.07, 6.45) is 0. The third-order valence-electron chi connectivity index (χ3n) is 14.0. The van der Waals surface area contributed by atoms with Crippen LogP contribution in [-0.2, 0) is 0 Å². The van der Waals surface area contributed by atoms with E-state index in [0.29, 0.717) is 0 Å². The highest BCUT2D eigenvalue weighted by molar-refractivity contribution is 6.22. The topological polar surface area (TPSA) is 4.93 Å². The first-order valence-corrected chi connectivity index (χ1v) is 23.6. The molecule has 0 spiro atoms. The molecule has 1 aromatic heterocycles. The number of fused-ring (bicyclic) bond motifs is 8. The van der Waals surface area contributed by atoms with E-state index in [9.17, 15) is 0 Å². The Kier molecular flexibility index (Phi) is 10.3. The third kappa shape index (κ3) is 7.39. The minimum atomic E-state index is 1.17. The van der Waals surface area contributed by atoms with E-state index in [-0.39, 0.29) is 0 Å². The van der Waals surface area contributed by atoms with Gasteiger partial charge in [0.25, 0.3) is 0 Å². The Hall–Kier alpha value is -8.52. The minimum absolute atomic E-state index is 1.17. The summed E-state index contributed by atoms with van der Waals surface area (Å²) in [5.41, 5.74) is 17.7. The maximum absolute atomic E-state index is 2.42. The molecule has 13 aromatic rings. The molecule has 1 nitrogen and oxygen atoms in total. The Balaban J connectivity index is 0.000000151. The van der Waals surface area contributed by atoms with Gasteiger partial charge in [-0.1, -0.05) is 200 Å². The van der Waals surface area contributed by atoms with Gasteiger partial charge in [0, 0.05) is 16.5 Å². The van der Waals surface area contributed by atoms with Crippen LogP contribution in [0.1, 0.15) is 16.7 Å². The third-order valence-corrected chi connectivity index (χ3v) is 14.0. The van der Waals surface area contributed by atoms with E-state index < -0.39 is 0 Å². The molecule has 0 saturated carbocycles. The molecule has 1 heteroatoms. The molecule has 322 valence electrons. The lowest BCUT2D eigenvalue weighted by Crippen LogP contribution is -1.94. The first-order valence-electron chi connectivity index (χ1n) is 23.6. The number of rotatable bonds is 5. The van der Waals surface area contributed by atoms with E-state index >= 15 is 0 Å². The molecule has 13 rings (SSSR count). The number of nitrogens with zero attached hydrogens (tertiary/aromatic N) is 1. The maximum Gasteiger partial charge on any atom is 0.0547 e. The summed E-state index contributed by atoms with van der Waals surface area (Å²) in [6, 6.07) is 88.5. The van der Waals surface area contributed by atoms with Gasteiger partial charge in [-0.05, 0) is 168 Å². The summed E-state index contributed by atoms with van der Waals surface area (Å²) >= 11 is 0. The lowest BCUT2D eigenvalue weighted by molar-refractivity contribution is 1.18. The highest BCUT2D eigenvalue weighted by Crippen LogP contribution is 2.40. The summed E-state index contributed by atoms with van der Waals surface area (Å²) in [5, 5.41) is 12.8. The zero-order valence-electron chi connectivity index (χ0n) is 38.5. The van der Waals surface area contributed by atoms with Crippen molar-refractivity contribution in [2.24, 2.45) is 0 Å². The molecule has 0 fully saturated rings. The van der Waals surface area contributed by atoms with Crippen molar-refractivity contribution in [1.82, 2.24) is 4.57 Å². The van der Waals surface area contributed by atoms with Crippen LogP contribution in [-0.4, -0.2) is 4.57 Å². The van der Waals surface area contributed by atoms with E-state index in [1.54, 1.807) is 0 Å². The van der Waals surface area contributed by atoms with Crippen LogP contribution < -0.4 is 0 Å². The first kappa shape index (κ1) is 40.9. The molecule has 12 aromatic carbocycles. The van der Waals surface area contributed by atoms with Gasteiger partial charge in [0.2, 0.25) is 0 Å². The lowest BCUT2D eigenvalue weighted by atomic mass is 9.89. The van der Waals surface area contributed by atoms with Gasteiger partial charge in [-0.15, -0.1) is 0 Å². The summed E-state index contributed by atoms with van der Waals surface area (Å²) in [7, 11) is 0. The average molecular weight is 868 g/mol. The van der Waals surface area contributed by atoms with Crippen molar-refractivity contribution < 1.29 is 0 Å². The summed E-state index contributed by atoms with van der Waals surface area (Å²) in [4.78, 5) is 0. The number of hydrogen-bond donors (Lipinski definition) is 0. The monoisotopic (exact) mass is 867 g/mol. The predicted molar refractivity (Wildman–Crippen MR) is 293 cm³/mol. The normalized spacial score (nSPS) is 11.5. The van der Waals surface area contributed by atoms with Gasteiger partial charge in [-0.25, -0.2) is 0 Å². The van der Waals surface area contributed by atoms with Crippen LogP contribution in [0.4, 0.5) is 0 Å². The van der Waals surface area contributed by atoms with Crippen LogP contribution in [0, 0.1) is 20.8 Å². The van der Waals surface area contributed by atoms with Crippen molar-refractivity contribution in [1.29, 1.82) is 0 Å². The van der Waals surface area contributed by atoms with Crippen LogP contribution in [0.25, 0.3) is 115 Å². The molecule has 0 aliphatic rings. The fourth-order valence-electron chi connectivity index (χ4n) is 10.3. The molecule has 0 saturated heterocycles. The summed E-state index contributed by atoms with van der Waals surface area (Å²) in [6.45, 7) is 6.55. The summed E-state index contributed by atoms with van der Waals surface area (Å²) < 4.78 is 2.42. The second-order valence-electron chi connectivity index (χ2n) is 18.3. The molecule has 0 bridgehead atoms. The molecule has 0 N–H and O–H groups in total. The van der Waals surface area contributed by atoms with E-state index in [1.165, 1.54) is 132 Å². The Morgan fingerprint density at radius 1 is 0.279 bits per heavy atom. The molecule has 0 unspecified atom stereocenters. The Morgan fingerprint density at radius 3 is 1.38 bits per heavy atom. The number of benzene rings is 12. The van der Waals surface area contributed by atoms with E-state index in [0.717, 1.165) is 0 Å². The fraction of sp³-hybridized carbons (Fsp3) is 0.0448. The molecule has 0 aliphatic carbocycles. The zero-order valence-corrected chi connectivity index (χ0v) is 38.5. The van der Waals surface area contributed by atoms with Gasteiger partial charge in [-0.3, -0.25) is 0 Å². The van der Waals surface area contributed by atoms with Gasteiger partial charge in [-0.2, -0.15) is 0 Å². The van der Waals surface area contributed by atoms with Crippen LogP contribution >= 0.6 is 0 Å². The Labute approximate surface area is 397 Å². The van der Waals surface area contributed by atoms with Gasteiger partial charge < -0.3 is 4.57 Å². The van der Waals surface area contributed by atoms with Crippen LogP contribution in [0.5, 0.6) is 0 Å². The number of aryl methyl sites for hydroxylation is 3. The van der Waals surface area contributed by atoms with Crippen molar-refractivity contribution in [3.63, 3.8) is 0 Å². The Bertz CT molecular complexity index is 4040. The van der Waals surface area contributed by atoms with Gasteiger partial charge in [0.15, 0.2) is 0 Å². The second-order valence-corrected chi connectivity index (χ2v) is 18.3. The van der Waals surface area contributed by atoms with E-state index in [2.05, 4.69) is 268 Å². The highest BCUT2D eigenvalue weighted by atomic mass is 15.0. The van der Waals surface area contributed by atoms with Crippen molar-refractivity contribution in [3.05, 3.63) is 259 Å². The smallest absolute Gasteiger partial charge is 0.0547 e. The first-order chi connectivity index (χ1) is 33.4. The summed E-state index contributed by atoms with van der Waals surface area (Å²) in [5.74, 6) is 0. The van der Waals surface area contributed by atoms with Crippen molar-refractivity contribution in [3.8, 4) is 50.2 Å². The molecule has 68 heavy (non-hydrogen) atoms. The van der Waals surface area contributed by atoms with E-state index in [1.807, 2.05) is 0 Å². The molecule has 1 heterocycles. The largest absolute Gasteiger partial charge is 0.309 e. The Morgan fingerprint density at radius 2 is 0.721 bits per heavy atom. The number of aromatic nitrogens is 1. The molecular formula is C67H49N. The number of hydrogen-bond acceptors (Lipinski definition) is 0. The molecule has 0 radical (unpaired) electrons. The van der Waals surface area contributed by atoms with Crippen molar-refractivity contribution in [2.45, 2.75) is 20.8 Å². The van der Waals surface area contributed by atoms with Crippen molar-refractivity contribution in [2.75, 3.05) is 0 Å². The lowest BCUT2D eigenvalue weighted by Gasteiger charge is -2.15.